The third-order valence-corrected chi connectivity index (χ3v) is 3.38. The van der Waals surface area contributed by atoms with E-state index in [2.05, 4.69) is 9.98 Å². The lowest BCUT2D eigenvalue weighted by Gasteiger charge is -2.32. The van der Waals surface area contributed by atoms with E-state index in [1.807, 2.05) is 0 Å². The van der Waals surface area contributed by atoms with E-state index >= 15 is 0 Å². The third-order valence-electron chi connectivity index (χ3n) is 3.38. The minimum absolute atomic E-state index is 0.429. The van der Waals surface area contributed by atoms with Gasteiger partial charge in [-0.05, 0) is 24.3 Å². The van der Waals surface area contributed by atoms with Crippen LogP contribution in [0.3, 0.4) is 0 Å². The molecule has 2 aromatic rings. The lowest BCUT2D eigenvalue weighted by atomic mass is 9.96. The maximum Gasteiger partial charge on any atom is 0.240 e. The monoisotopic (exact) mass is 310 g/mol. The summed E-state index contributed by atoms with van der Waals surface area (Å²) in [5, 5.41) is 0. The van der Waals surface area contributed by atoms with Crippen LogP contribution in [0, 0.1) is 0 Å². The van der Waals surface area contributed by atoms with Crippen LogP contribution >= 0.6 is 0 Å². The fraction of sp³-hybridized carbons (Fsp3) is 0.176. The molecule has 23 heavy (non-hydrogen) atoms. The van der Waals surface area contributed by atoms with Crippen LogP contribution in [0.25, 0.3) is 0 Å². The summed E-state index contributed by atoms with van der Waals surface area (Å²) in [6, 6.07) is 13.7. The first-order chi connectivity index (χ1) is 11.2. The number of nitrogens with zero attached hydrogens (tertiary/aromatic N) is 2. The summed E-state index contributed by atoms with van der Waals surface area (Å²) in [5.41, 5.74) is 2.12. The number of isocyanates is 2. The Labute approximate surface area is 133 Å². The van der Waals surface area contributed by atoms with Gasteiger partial charge in [-0.25, -0.2) is 9.59 Å². The molecule has 0 saturated carbocycles. The molecule has 116 valence electrons. The molecule has 2 rings (SSSR count). The van der Waals surface area contributed by atoms with Crippen LogP contribution in [0.1, 0.15) is 11.1 Å². The summed E-state index contributed by atoms with van der Waals surface area (Å²) in [7, 11) is 2.99. The van der Waals surface area contributed by atoms with Crippen LogP contribution in [-0.4, -0.2) is 26.4 Å². The Morgan fingerprint density at radius 3 is 1.61 bits per heavy atom. The smallest absolute Gasteiger partial charge is 0.240 e. The molecule has 0 bridgehead atoms. The van der Waals surface area contributed by atoms with Gasteiger partial charge in [-0.1, -0.05) is 24.3 Å². The van der Waals surface area contributed by atoms with Crippen molar-refractivity contribution in [2.75, 3.05) is 14.2 Å². The fourth-order valence-corrected chi connectivity index (χ4v) is 2.39. The van der Waals surface area contributed by atoms with Crippen molar-refractivity contribution in [1.82, 2.24) is 0 Å². The quantitative estimate of drug-likeness (QED) is 0.466. The second-order valence-corrected chi connectivity index (χ2v) is 4.53. The molecule has 0 amide bonds. The average Bonchev–Trinajstić information content (AvgIpc) is 2.58. The number of ether oxygens (including phenoxy) is 2. The number of hydrogen-bond acceptors (Lipinski definition) is 6. The van der Waals surface area contributed by atoms with E-state index in [1.54, 1.807) is 48.5 Å². The van der Waals surface area contributed by atoms with E-state index < -0.39 is 5.79 Å². The summed E-state index contributed by atoms with van der Waals surface area (Å²) in [5.74, 6) is -1.23. The molecule has 6 nitrogen and oxygen atoms in total. The van der Waals surface area contributed by atoms with Gasteiger partial charge in [-0.2, -0.15) is 9.98 Å². The maximum absolute atomic E-state index is 10.5. The van der Waals surface area contributed by atoms with Gasteiger partial charge >= 0.3 is 0 Å². The van der Waals surface area contributed by atoms with Gasteiger partial charge < -0.3 is 9.47 Å². The molecule has 6 heteroatoms. The van der Waals surface area contributed by atoms with E-state index in [9.17, 15) is 9.59 Å². The molecule has 0 fully saturated rings. The molecule has 0 spiro atoms. The number of carbonyl (C=O) groups excluding carboxylic acids is 2. The minimum Gasteiger partial charge on any atom is -0.346 e. The molecule has 0 aromatic heterocycles. The van der Waals surface area contributed by atoms with Gasteiger partial charge in [0.15, 0.2) is 0 Å². The van der Waals surface area contributed by atoms with Crippen molar-refractivity contribution in [3.63, 3.8) is 0 Å². The number of aliphatic imine (C=N–C) groups is 2. The van der Waals surface area contributed by atoms with Crippen molar-refractivity contribution in [3.05, 3.63) is 59.7 Å². The third kappa shape index (κ3) is 3.31. The van der Waals surface area contributed by atoms with Gasteiger partial charge in [0.05, 0.1) is 11.4 Å². The van der Waals surface area contributed by atoms with Gasteiger partial charge in [0.2, 0.25) is 17.9 Å². The van der Waals surface area contributed by atoms with Crippen molar-refractivity contribution in [3.8, 4) is 0 Å². The molecule has 0 N–H and O–H groups in total. The van der Waals surface area contributed by atoms with E-state index in [1.165, 1.54) is 26.4 Å². The van der Waals surface area contributed by atoms with E-state index in [0.29, 0.717) is 22.5 Å². The highest BCUT2D eigenvalue weighted by molar-refractivity contribution is 5.54. The highest BCUT2D eigenvalue weighted by Gasteiger charge is 2.35. The Morgan fingerprint density at radius 1 is 0.826 bits per heavy atom. The highest BCUT2D eigenvalue weighted by Crippen LogP contribution is 2.36. The van der Waals surface area contributed by atoms with Crippen LogP contribution in [0.5, 0.6) is 0 Å². The zero-order chi connectivity index (χ0) is 16.7. The Morgan fingerprint density at radius 2 is 1.26 bits per heavy atom. The van der Waals surface area contributed by atoms with E-state index in [4.69, 9.17) is 9.47 Å². The summed E-state index contributed by atoms with van der Waals surface area (Å²) < 4.78 is 11.2. The van der Waals surface area contributed by atoms with Crippen LogP contribution in [0.15, 0.2) is 58.5 Å². The van der Waals surface area contributed by atoms with Gasteiger partial charge in [0.1, 0.15) is 0 Å². The second-order valence-electron chi connectivity index (χ2n) is 4.53. The number of benzene rings is 2. The first-order valence-electron chi connectivity index (χ1n) is 6.67. The molecule has 0 aliphatic heterocycles. The average molecular weight is 310 g/mol. The molecule has 0 aliphatic rings. The predicted octanol–water partition coefficient (Wildman–Crippen LogP) is 3.12. The molecule has 0 unspecified atom stereocenters. The number of rotatable bonds is 6. The largest absolute Gasteiger partial charge is 0.346 e. The van der Waals surface area contributed by atoms with E-state index in [-0.39, 0.29) is 0 Å². The van der Waals surface area contributed by atoms with Crippen LogP contribution in [0.2, 0.25) is 0 Å². The molecule has 0 saturated heterocycles. The van der Waals surface area contributed by atoms with E-state index in [0.717, 1.165) is 0 Å². The lowest BCUT2D eigenvalue weighted by molar-refractivity contribution is -0.183. The van der Waals surface area contributed by atoms with Crippen LogP contribution < -0.4 is 0 Å². The molecular weight excluding hydrogens is 296 g/mol. The molecule has 0 aliphatic carbocycles. The van der Waals surface area contributed by atoms with Gasteiger partial charge in [0.25, 0.3) is 0 Å². The summed E-state index contributed by atoms with van der Waals surface area (Å²) in [6.45, 7) is 0. The van der Waals surface area contributed by atoms with Gasteiger partial charge in [-0.15, -0.1) is 0 Å². The lowest BCUT2D eigenvalue weighted by Crippen LogP contribution is -2.32. The summed E-state index contributed by atoms with van der Waals surface area (Å²) in [6.07, 6.45) is 3.00. The molecular formula is C17H14N2O4. The Balaban J connectivity index is 2.63. The predicted molar refractivity (Wildman–Crippen MR) is 83.2 cm³/mol. The normalized spacial score (nSPS) is 10.5. The van der Waals surface area contributed by atoms with Gasteiger partial charge in [-0.3, -0.25) is 0 Å². The van der Waals surface area contributed by atoms with Crippen molar-refractivity contribution >= 4 is 23.5 Å². The van der Waals surface area contributed by atoms with Crippen molar-refractivity contribution in [2.45, 2.75) is 5.79 Å². The zero-order valence-corrected chi connectivity index (χ0v) is 12.6. The zero-order valence-electron chi connectivity index (χ0n) is 12.6. The molecule has 0 radical (unpaired) electrons. The Hall–Kier alpha value is -2.88. The maximum atomic E-state index is 10.5. The highest BCUT2D eigenvalue weighted by atomic mass is 16.7. The first-order valence-corrected chi connectivity index (χ1v) is 6.67. The minimum atomic E-state index is -1.23. The molecule has 2 aromatic carbocycles. The van der Waals surface area contributed by atoms with Crippen molar-refractivity contribution in [2.24, 2.45) is 9.98 Å². The number of methoxy groups -OCH3 is 2. The van der Waals surface area contributed by atoms with Crippen LogP contribution in [-0.2, 0) is 24.8 Å². The summed E-state index contributed by atoms with van der Waals surface area (Å²) in [4.78, 5) is 28.1. The first kappa shape index (κ1) is 16.5. The standard InChI is InChI=1S/C17H14N2O4/c1-22-17(23-2,13-5-3-7-15(9-13)18-11-20)14-6-4-8-16(10-14)19-12-21/h3-10H,1-2H3. The van der Waals surface area contributed by atoms with Crippen molar-refractivity contribution < 1.29 is 19.1 Å². The van der Waals surface area contributed by atoms with Gasteiger partial charge in [0, 0.05) is 25.3 Å². The SMILES string of the molecule is COC(OC)(c1cccc(N=C=O)c1)c1cccc(N=C=O)c1. The molecule has 0 atom stereocenters. The Kier molecular flexibility index (Phi) is 5.31. The van der Waals surface area contributed by atoms with Crippen molar-refractivity contribution in [1.29, 1.82) is 0 Å². The second kappa shape index (κ2) is 7.40. The molecule has 0 heterocycles. The van der Waals surface area contributed by atoms with Crippen LogP contribution in [0.4, 0.5) is 11.4 Å². The number of hydrogen-bond donors (Lipinski definition) is 0. The Bertz CT molecular complexity index is 723. The summed E-state index contributed by atoms with van der Waals surface area (Å²) >= 11 is 0. The topological polar surface area (TPSA) is 77.3 Å². The fourth-order valence-electron chi connectivity index (χ4n) is 2.39.